The van der Waals surface area contributed by atoms with Gasteiger partial charge in [0.25, 0.3) is 5.91 Å². The number of carbonyl (C=O) groups excluding carboxylic acids is 1. The molecule has 0 aliphatic heterocycles. The molecule has 0 saturated heterocycles. The number of nitrogens with zero attached hydrogens (tertiary/aromatic N) is 1. The van der Waals surface area contributed by atoms with Crippen molar-refractivity contribution >= 4 is 35.7 Å². The second kappa shape index (κ2) is 8.23. The van der Waals surface area contributed by atoms with Crippen molar-refractivity contribution in [3.05, 3.63) is 9.94 Å². The number of amides is 1. The van der Waals surface area contributed by atoms with Gasteiger partial charge >= 0.3 is 6.80 Å². The Hall–Kier alpha value is -0.0000000000000000555. The lowest BCUT2D eigenvalue weighted by molar-refractivity contribution is -0.124. The number of hydrogen-bond donors (Lipinski definition) is 0. The molecule has 0 aromatic carbocycles. The van der Waals surface area contributed by atoms with Gasteiger partial charge in [-0.05, 0) is 20.8 Å². The van der Waals surface area contributed by atoms with Crippen LogP contribution in [0.15, 0.2) is 9.94 Å². The molecule has 18 heavy (non-hydrogen) atoms. The van der Waals surface area contributed by atoms with Gasteiger partial charge in [-0.15, -0.1) is 0 Å². The number of halogens is 1. The van der Waals surface area contributed by atoms with Gasteiger partial charge in [0.15, 0.2) is 0 Å². The lowest BCUT2D eigenvalue weighted by Gasteiger charge is -2.19. The normalized spacial score (nSPS) is 13.2. The van der Waals surface area contributed by atoms with E-state index in [-0.39, 0.29) is 29.1 Å². The Morgan fingerprint density at radius 1 is 1.28 bits per heavy atom. The minimum Gasteiger partial charge on any atom is -0.344 e. The van der Waals surface area contributed by atoms with Crippen molar-refractivity contribution in [2.24, 2.45) is 0 Å². The molecule has 0 aliphatic rings. The minimum absolute atomic E-state index is 0.173. The third-order valence-electron chi connectivity index (χ3n) is 1.69. The van der Waals surface area contributed by atoms with Crippen LogP contribution in [0.3, 0.4) is 0 Å². The first-order valence-electron chi connectivity index (χ1n) is 5.44. The zero-order valence-electron chi connectivity index (χ0n) is 11.2. The maximum absolute atomic E-state index is 12.3. The van der Waals surface area contributed by atoms with Crippen LogP contribution >= 0.6 is 29.8 Å². The summed E-state index contributed by atoms with van der Waals surface area (Å²) in [6.45, 7) is 2.04. The van der Waals surface area contributed by atoms with E-state index in [2.05, 4.69) is 0 Å². The molecule has 5 nitrogen and oxygen atoms in total. The van der Waals surface area contributed by atoms with Crippen LogP contribution in [-0.4, -0.2) is 38.1 Å². The predicted octanol–water partition coefficient (Wildman–Crippen LogP) is 3.46. The molecule has 0 unspecified atom stereocenters. The van der Waals surface area contributed by atoms with Gasteiger partial charge in [0.05, 0.1) is 18.1 Å². The van der Waals surface area contributed by atoms with Gasteiger partial charge in [-0.3, -0.25) is 4.79 Å². The highest BCUT2D eigenvalue weighted by Crippen LogP contribution is 2.64. The van der Waals surface area contributed by atoms with Gasteiger partial charge in [-0.25, -0.2) is 4.57 Å². The van der Waals surface area contributed by atoms with E-state index in [1.54, 1.807) is 34.9 Å². The second-order valence-corrected chi connectivity index (χ2v) is 7.89. The summed E-state index contributed by atoms with van der Waals surface area (Å²) in [7, 11) is 3.18. The Morgan fingerprint density at radius 3 is 2.00 bits per heavy atom. The van der Waals surface area contributed by atoms with Crippen LogP contribution in [0.2, 0.25) is 0 Å². The average molecular weight is 316 g/mol. The molecule has 0 fully saturated rings. The van der Waals surface area contributed by atoms with Gasteiger partial charge in [0.2, 0.25) is 0 Å². The molecule has 0 spiro atoms. The predicted molar refractivity (Wildman–Crippen MR) is 75.7 cm³/mol. The topological polar surface area (TPSA) is 55.8 Å². The quantitative estimate of drug-likeness (QED) is 0.532. The SMILES string of the molecule is CCOP(=O)(OCC)S/C(C(=O)N(C)C)=C(\C)Cl. The number of hydrogen-bond acceptors (Lipinski definition) is 5. The highest BCUT2D eigenvalue weighted by molar-refractivity contribution is 8.57. The summed E-state index contributed by atoms with van der Waals surface area (Å²) < 4.78 is 22.5. The van der Waals surface area contributed by atoms with Crippen molar-refractivity contribution in [3.8, 4) is 0 Å². The molecule has 0 aliphatic carbocycles. The third kappa shape index (κ3) is 5.76. The van der Waals surface area contributed by atoms with Crippen LogP contribution in [0.4, 0.5) is 0 Å². The Balaban J connectivity index is 5.15. The highest BCUT2D eigenvalue weighted by atomic mass is 35.5. The van der Waals surface area contributed by atoms with Crippen molar-refractivity contribution in [2.45, 2.75) is 20.8 Å². The maximum atomic E-state index is 12.3. The fourth-order valence-electron chi connectivity index (χ4n) is 0.970. The first kappa shape index (κ1) is 18.0. The summed E-state index contributed by atoms with van der Waals surface area (Å²) >= 11 is 6.62. The van der Waals surface area contributed by atoms with E-state index >= 15 is 0 Å². The molecule has 0 N–H and O–H groups in total. The molecular formula is C10H19ClNO4PS. The zero-order valence-corrected chi connectivity index (χ0v) is 13.7. The first-order valence-corrected chi connectivity index (χ1v) is 8.78. The summed E-state index contributed by atoms with van der Waals surface area (Å²) in [5.41, 5.74) is 0. The van der Waals surface area contributed by atoms with Crippen LogP contribution in [-0.2, 0) is 18.4 Å². The molecule has 0 rings (SSSR count). The van der Waals surface area contributed by atoms with Crippen LogP contribution < -0.4 is 0 Å². The lowest BCUT2D eigenvalue weighted by Crippen LogP contribution is -2.22. The molecular weight excluding hydrogens is 297 g/mol. The van der Waals surface area contributed by atoms with Gasteiger partial charge in [0.1, 0.15) is 0 Å². The van der Waals surface area contributed by atoms with Crippen molar-refractivity contribution < 1.29 is 18.4 Å². The van der Waals surface area contributed by atoms with Gasteiger partial charge in [-0.1, -0.05) is 11.6 Å². The maximum Gasteiger partial charge on any atom is 0.394 e. The average Bonchev–Trinajstić information content (AvgIpc) is 2.25. The van der Waals surface area contributed by atoms with Crippen molar-refractivity contribution in [1.29, 1.82) is 0 Å². The molecule has 0 radical (unpaired) electrons. The van der Waals surface area contributed by atoms with Crippen LogP contribution in [0.25, 0.3) is 0 Å². The van der Waals surface area contributed by atoms with Gasteiger partial charge in [0, 0.05) is 30.5 Å². The Morgan fingerprint density at radius 2 is 1.72 bits per heavy atom. The largest absolute Gasteiger partial charge is 0.394 e. The van der Waals surface area contributed by atoms with Crippen LogP contribution in [0.5, 0.6) is 0 Å². The van der Waals surface area contributed by atoms with Gasteiger partial charge < -0.3 is 13.9 Å². The van der Waals surface area contributed by atoms with E-state index in [4.69, 9.17) is 20.6 Å². The fourth-order valence-corrected chi connectivity index (χ4v) is 5.02. The summed E-state index contributed by atoms with van der Waals surface area (Å²) in [5.74, 6) is -0.327. The number of rotatable bonds is 7. The van der Waals surface area contributed by atoms with E-state index in [9.17, 15) is 9.36 Å². The summed E-state index contributed by atoms with van der Waals surface area (Å²) in [6.07, 6.45) is 0. The molecule has 8 heteroatoms. The van der Waals surface area contributed by atoms with E-state index in [1.165, 1.54) is 4.90 Å². The lowest BCUT2D eigenvalue weighted by atomic mass is 10.4. The van der Waals surface area contributed by atoms with Crippen molar-refractivity contribution in [2.75, 3.05) is 27.3 Å². The molecule has 0 bridgehead atoms. The van der Waals surface area contributed by atoms with E-state index in [0.717, 1.165) is 11.4 Å². The van der Waals surface area contributed by atoms with Crippen LogP contribution in [0, 0.1) is 0 Å². The minimum atomic E-state index is -3.40. The standard InChI is InChI=1S/C10H19ClNO4PS/c1-6-15-17(14,16-7-2)18-9(8(3)11)10(13)12(4)5/h6-7H2,1-5H3/b9-8+. The molecule has 0 atom stereocenters. The fraction of sp³-hybridized carbons (Fsp3) is 0.700. The molecule has 0 aromatic heterocycles. The van der Waals surface area contributed by atoms with Crippen molar-refractivity contribution in [3.63, 3.8) is 0 Å². The zero-order chi connectivity index (χ0) is 14.3. The molecule has 0 heterocycles. The highest BCUT2D eigenvalue weighted by Gasteiger charge is 2.31. The second-order valence-electron chi connectivity index (χ2n) is 3.44. The number of allylic oxidation sites excluding steroid dienone is 1. The van der Waals surface area contributed by atoms with E-state index in [1.807, 2.05) is 0 Å². The summed E-state index contributed by atoms with van der Waals surface area (Å²) in [5, 5.41) is 0.262. The Kier molecular flexibility index (Phi) is 8.23. The van der Waals surface area contributed by atoms with Crippen molar-refractivity contribution in [1.82, 2.24) is 4.90 Å². The Bertz CT molecular complexity index is 359. The molecule has 0 aromatic rings. The first-order chi connectivity index (χ1) is 8.27. The van der Waals surface area contributed by atoms with Gasteiger partial charge in [-0.2, -0.15) is 0 Å². The number of carbonyl (C=O) groups is 1. The number of likely N-dealkylation sites (N-methyl/N-ethyl adjacent to an activating group) is 1. The van der Waals surface area contributed by atoms with E-state index in [0.29, 0.717) is 0 Å². The van der Waals surface area contributed by atoms with E-state index < -0.39 is 6.80 Å². The monoisotopic (exact) mass is 315 g/mol. The molecule has 0 saturated carbocycles. The smallest absolute Gasteiger partial charge is 0.344 e. The summed E-state index contributed by atoms with van der Waals surface area (Å²) in [4.78, 5) is 13.4. The van der Waals surface area contributed by atoms with Crippen LogP contribution in [0.1, 0.15) is 20.8 Å². The molecule has 106 valence electrons. The third-order valence-corrected chi connectivity index (χ3v) is 5.88. The summed E-state index contributed by atoms with van der Waals surface area (Å²) in [6, 6.07) is 0. The molecule has 1 amide bonds. The Labute approximate surface area is 117 Å².